The lowest BCUT2D eigenvalue weighted by Gasteiger charge is -2.07. The molecule has 4 nitrogen and oxygen atoms in total. The SMILES string of the molecule is CSCc1sc(S(=N)(=O)CCc2ccc(C(F)(F)F)nc2)nc1C. The van der Waals surface area contributed by atoms with Crippen LogP contribution in [-0.2, 0) is 28.1 Å². The van der Waals surface area contributed by atoms with Crippen molar-refractivity contribution in [1.29, 1.82) is 4.78 Å². The molecule has 10 heteroatoms. The Bertz CT molecular complexity index is 799. The van der Waals surface area contributed by atoms with Crippen LogP contribution in [0.1, 0.15) is 21.8 Å². The maximum atomic E-state index is 12.6. The van der Waals surface area contributed by atoms with Crippen molar-refractivity contribution in [2.45, 2.75) is 29.6 Å². The standard InChI is InChI=1S/C14H16F3N3OS3/c1-9-11(8-22-2)23-13(20-9)24(18,21)6-5-10-3-4-12(19-7-10)14(15,16)17/h3-4,7,18H,5-6,8H2,1-2H3. The third-order valence-corrected chi connectivity index (χ3v) is 7.43. The fraction of sp³-hybridized carbons (Fsp3) is 0.429. The van der Waals surface area contributed by atoms with Gasteiger partial charge in [-0.3, -0.25) is 4.98 Å². The highest BCUT2D eigenvalue weighted by Crippen LogP contribution is 2.28. The van der Waals surface area contributed by atoms with Crippen LogP contribution in [0, 0.1) is 11.7 Å². The minimum Gasteiger partial charge on any atom is -0.252 e. The molecular formula is C14H16F3N3OS3. The summed E-state index contributed by atoms with van der Waals surface area (Å²) in [6, 6.07) is 2.20. The smallest absolute Gasteiger partial charge is 0.252 e. The first-order chi connectivity index (χ1) is 11.1. The Kier molecular flexibility index (Phi) is 5.92. The van der Waals surface area contributed by atoms with E-state index in [4.69, 9.17) is 4.78 Å². The van der Waals surface area contributed by atoms with Gasteiger partial charge in [0, 0.05) is 22.6 Å². The highest BCUT2D eigenvalue weighted by Gasteiger charge is 2.32. The zero-order valence-electron chi connectivity index (χ0n) is 13.0. The predicted octanol–water partition coefficient (Wildman–Crippen LogP) is 4.38. The van der Waals surface area contributed by atoms with Crippen molar-refractivity contribution in [2.24, 2.45) is 0 Å². The first kappa shape index (κ1) is 19.2. The van der Waals surface area contributed by atoms with Gasteiger partial charge in [0.05, 0.1) is 5.69 Å². The summed E-state index contributed by atoms with van der Waals surface area (Å²) in [4.78, 5) is 8.60. The van der Waals surface area contributed by atoms with Gasteiger partial charge in [-0.25, -0.2) is 14.0 Å². The molecule has 132 valence electrons. The van der Waals surface area contributed by atoms with Gasteiger partial charge in [0.2, 0.25) is 0 Å². The number of thiazole rings is 1. The summed E-state index contributed by atoms with van der Waals surface area (Å²) in [5, 5.41) is 0. The largest absolute Gasteiger partial charge is 0.433 e. The molecule has 2 rings (SSSR count). The van der Waals surface area contributed by atoms with Crippen molar-refractivity contribution < 1.29 is 17.4 Å². The minimum atomic E-state index is -4.48. The quantitative estimate of drug-likeness (QED) is 0.788. The number of rotatable bonds is 6. The van der Waals surface area contributed by atoms with Crippen LogP contribution in [-0.4, -0.2) is 26.2 Å². The molecule has 0 bridgehead atoms. The summed E-state index contributed by atoms with van der Waals surface area (Å²) >= 11 is 2.90. The van der Waals surface area contributed by atoms with Gasteiger partial charge in [-0.1, -0.05) is 6.07 Å². The molecule has 2 aromatic rings. The van der Waals surface area contributed by atoms with Crippen molar-refractivity contribution >= 4 is 32.8 Å². The zero-order chi connectivity index (χ0) is 18.0. The maximum Gasteiger partial charge on any atom is 0.433 e. The molecule has 1 atom stereocenters. The molecule has 0 aliphatic carbocycles. The predicted molar refractivity (Wildman–Crippen MR) is 91.0 cm³/mol. The summed E-state index contributed by atoms with van der Waals surface area (Å²) in [6.07, 6.45) is -1.20. The van der Waals surface area contributed by atoms with Crippen LogP contribution < -0.4 is 0 Å². The van der Waals surface area contributed by atoms with E-state index in [-0.39, 0.29) is 16.5 Å². The lowest BCUT2D eigenvalue weighted by atomic mass is 10.2. The number of aryl methyl sites for hydroxylation is 2. The Morgan fingerprint density at radius 3 is 2.62 bits per heavy atom. The van der Waals surface area contributed by atoms with Gasteiger partial charge in [0.1, 0.15) is 15.4 Å². The van der Waals surface area contributed by atoms with E-state index < -0.39 is 21.6 Å². The Balaban J connectivity index is 2.09. The molecule has 0 saturated heterocycles. The first-order valence-electron chi connectivity index (χ1n) is 6.87. The summed E-state index contributed by atoms with van der Waals surface area (Å²) in [7, 11) is -3.07. The second kappa shape index (κ2) is 7.40. The van der Waals surface area contributed by atoms with Crippen LogP contribution in [0.3, 0.4) is 0 Å². The van der Waals surface area contributed by atoms with Crippen LogP contribution in [0.15, 0.2) is 22.7 Å². The molecule has 2 heterocycles. The molecule has 0 radical (unpaired) electrons. The van der Waals surface area contributed by atoms with Crippen molar-refractivity contribution in [3.8, 4) is 0 Å². The topological polar surface area (TPSA) is 66.7 Å². The number of halogens is 3. The fourth-order valence-electron chi connectivity index (χ4n) is 1.90. The monoisotopic (exact) mass is 395 g/mol. The molecule has 0 spiro atoms. The van der Waals surface area contributed by atoms with Gasteiger partial charge in [-0.05, 0) is 31.2 Å². The van der Waals surface area contributed by atoms with Crippen molar-refractivity contribution in [1.82, 2.24) is 9.97 Å². The second-order valence-corrected chi connectivity index (χ2v) is 9.45. The molecule has 1 N–H and O–H groups in total. The Hall–Kier alpha value is -1.13. The average molecular weight is 395 g/mol. The van der Waals surface area contributed by atoms with E-state index in [1.165, 1.54) is 17.4 Å². The summed E-state index contributed by atoms with van der Waals surface area (Å²) in [5.74, 6) is 0.757. The normalized spacial score (nSPS) is 14.5. The summed E-state index contributed by atoms with van der Waals surface area (Å²) in [6.45, 7) is 1.82. The first-order valence-corrected chi connectivity index (χ1v) is 10.8. The van der Waals surface area contributed by atoms with Gasteiger partial charge in [-0.15, -0.1) is 11.3 Å². The highest BCUT2D eigenvalue weighted by atomic mass is 32.2. The van der Waals surface area contributed by atoms with E-state index in [1.54, 1.807) is 11.8 Å². The lowest BCUT2D eigenvalue weighted by Crippen LogP contribution is -2.10. The van der Waals surface area contributed by atoms with Crippen molar-refractivity contribution in [3.63, 3.8) is 0 Å². The number of aromatic nitrogens is 2. The molecule has 24 heavy (non-hydrogen) atoms. The van der Waals surface area contributed by atoms with E-state index in [1.807, 2.05) is 13.2 Å². The Morgan fingerprint density at radius 1 is 1.38 bits per heavy atom. The number of hydrogen-bond donors (Lipinski definition) is 1. The lowest BCUT2D eigenvalue weighted by molar-refractivity contribution is -0.141. The number of thioether (sulfide) groups is 1. The van der Waals surface area contributed by atoms with Crippen molar-refractivity contribution in [2.75, 3.05) is 12.0 Å². The van der Waals surface area contributed by atoms with Gasteiger partial charge >= 0.3 is 6.18 Å². The maximum absolute atomic E-state index is 12.6. The minimum absolute atomic E-state index is 0.00566. The third kappa shape index (κ3) is 4.70. The molecule has 0 aliphatic rings. The van der Waals surface area contributed by atoms with Gasteiger partial charge < -0.3 is 0 Å². The molecule has 2 aromatic heterocycles. The number of alkyl halides is 3. The summed E-state index contributed by atoms with van der Waals surface area (Å²) in [5.41, 5.74) is 0.330. The third-order valence-electron chi connectivity index (χ3n) is 3.22. The van der Waals surface area contributed by atoms with E-state index in [9.17, 15) is 17.4 Å². The Morgan fingerprint density at radius 2 is 2.08 bits per heavy atom. The number of pyridine rings is 1. The number of nitrogens with one attached hydrogen (secondary N) is 1. The highest BCUT2D eigenvalue weighted by molar-refractivity contribution is 7.98. The second-order valence-electron chi connectivity index (χ2n) is 5.10. The zero-order valence-corrected chi connectivity index (χ0v) is 15.5. The Labute approximate surface area is 146 Å². The number of hydrogen-bond acceptors (Lipinski definition) is 6. The van der Waals surface area contributed by atoms with Crippen LogP contribution in [0.5, 0.6) is 0 Å². The van der Waals surface area contributed by atoms with Gasteiger partial charge in [0.25, 0.3) is 0 Å². The molecule has 0 aromatic carbocycles. The van der Waals surface area contributed by atoms with Crippen LogP contribution >= 0.6 is 23.1 Å². The molecule has 0 aliphatic heterocycles. The van der Waals surface area contributed by atoms with Crippen LogP contribution in [0.4, 0.5) is 13.2 Å². The molecule has 0 amide bonds. The molecule has 1 unspecified atom stereocenters. The van der Waals surface area contributed by atoms with E-state index >= 15 is 0 Å². The van der Waals surface area contributed by atoms with E-state index in [2.05, 4.69) is 9.97 Å². The molecule has 0 saturated carbocycles. The van der Waals surface area contributed by atoms with Gasteiger partial charge in [0.15, 0.2) is 4.34 Å². The van der Waals surface area contributed by atoms with Crippen LogP contribution in [0.25, 0.3) is 0 Å². The van der Waals surface area contributed by atoms with Crippen molar-refractivity contribution in [3.05, 3.63) is 40.2 Å². The summed E-state index contributed by atoms with van der Waals surface area (Å²) < 4.78 is 58.3. The van der Waals surface area contributed by atoms with E-state index in [0.717, 1.165) is 28.6 Å². The molecule has 0 fully saturated rings. The van der Waals surface area contributed by atoms with Crippen LogP contribution in [0.2, 0.25) is 0 Å². The average Bonchev–Trinajstić information content (AvgIpc) is 2.87. The van der Waals surface area contributed by atoms with Gasteiger partial charge in [-0.2, -0.15) is 24.9 Å². The molecular weight excluding hydrogens is 379 g/mol. The van der Waals surface area contributed by atoms with E-state index in [0.29, 0.717) is 5.56 Å². The fourth-order valence-corrected chi connectivity index (χ4v) is 5.62. The number of nitrogens with zero attached hydrogens (tertiary/aromatic N) is 2.